The smallest absolute Gasteiger partial charge is 0.126 e. The normalized spacial score (nSPS) is 5.57. The van der Waals surface area contributed by atoms with Crippen LogP contribution >= 0.6 is 47.6 Å². The van der Waals surface area contributed by atoms with E-state index < -0.39 is 0 Å². The van der Waals surface area contributed by atoms with Gasteiger partial charge in [-0.3, -0.25) is 0 Å². The molecule has 0 aliphatic carbocycles. The molecule has 0 aromatic heterocycles. The van der Waals surface area contributed by atoms with Crippen LogP contribution in [-0.2, 0) is 9.59 Å². The zero-order valence-electron chi connectivity index (χ0n) is 8.60. The third-order valence-corrected chi connectivity index (χ3v) is 0. The minimum absolute atomic E-state index is 0.167. The molecule has 0 unspecified atom stereocenters. The van der Waals surface area contributed by atoms with Crippen molar-refractivity contribution in [3.05, 3.63) is 0 Å². The van der Waals surface area contributed by atoms with Crippen molar-refractivity contribution in [3.63, 3.8) is 0 Å². The molecular weight excluding hydrogens is 263 g/mol. The van der Waals surface area contributed by atoms with Gasteiger partial charge < -0.3 is 9.59 Å². The highest BCUT2D eigenvalue weighted by Gasteiger charge is 1.62. The summed E-state index contributed by atoms with van der Waals surface area (Å²) in [6.45, 7) is 6.11. The first-order valence-electron chi connectivity index (χ1n) is 3.35. The molecule has 0 bridgehead atoms. The van der Waals surface area contributed by atoms with E-state index in [0.717, 1.165) is 0 Å². The van der Waals surface area contributed by atoms with Crippen molar-refractivity contribution in [1.82, 2.24) is 0 Å². The Morgan fingerprint density at radius 2 is 1.00 bits per heavy atom. The predicted octanol–water partition coefficient (Wildman–Crippen LogP) is 3.63. The van der Waals surface area contributed by atoms with Crippen LogP contribution < -0.4 is 0 Å². The van der Waals surface area contributed by atoms with Crippen LogP contribution in [0.15, 0.2) is 0 Å². The lowest BCUT2D eigenvalue weighted by atomic mass is 10.6. The van der Waals surface area contributed by atoms with Crippen molar-refractivity contribution < 1.29 is 9.59 Å². The Labute approximate surface area is 106 Å². The van der Waals surface area contributed by atoms with E-state index in [2.05, 4.69) is 24.4 Å². The molecule has 0 atom stereocenters. The second-order valence-corrected chi connectivity index (χ2v) is 3.48. The first-order chi connectivity index (χ1) is 6.29. The Morgan fingerprint density at radius 3 is 1.00 bits per heavy atom. The molecule has 14 heavy (non-hydrogen) atoms. The van der Waals surface area contributed by atoms with Gasteiger partial charge in [0.1, 0.15) is 11.6 Å². The molecule has 0 radical (unpaired) electrons. The molecule has 0 fully saturated rings. The van der Waals surface area contributed by atoms with Crippen LogP contribution in [0.2, 0.25) is 0 Å². The maximum atomic E-state index is 9.44. The van der Waals surface area contributed by atoms with Crippen LogP contribution in [0, 0.1) is 0 Å². The number of rotatable bonds is 0. The van der Waals surface area contributed by atoms with Gasteiger partial charge in [-0.15, -0.1) is 23.2 Å². The molecule has 84 valence electrons. The van der Waals surface area contributed by atoms with E-state index in [1.54, 1.807) is 0 Å². The number of Topliss-reactive ketones (excluding diaryl/α,β-unsaturated/α-hetero) is 2. The fourth-order valence-corrected chi connectivity index (χ4v) is 0. The molecule has 0 aliphatic rings. The highest BCUT2D eigenvalue weighted by molar-refractivity contribution is 7.93. The average Bonchev–Trinajstić information content (AvgIpc) is 1.85. The fourth-order valence-electron chi connectivity index (χ4n) is 0. The summed E-state index contributed by atoms with van der Waals surface area (Å²) in [5.74, 6) is 0.333. The zero-order valence-corrected chi connectivity index (χ0v) is 11.7. The summed E-state index contributed by atoms with van der Waals surface area (Å²) >= 11 is 17.4. The van der Waals surface area contributed by atoms with Crippen molar-refractivity contribution in [2.75, 3.05) is 5.34 Å². The molecule has 0 aromatic carbocycles. The fraction of sp³-hybridized carbons (Fsp3) is 0.625. The second-order valence-electron chi connectivity index (χ2n) is 2.00. The zero-order chi connectivity index (χ0) is 12.6. The topological polar surface area (TPSA) is 34.1 Å². The highest BCUT2D eigenvalue weighted by atomic mass is 35.5. The van der Waals surface area contributed by atoms with Gasteiger partial charge in [0.05, 0.1) is 5.34 Å². The molecule has 0 saturated carbocycles. The maximum Gasteiger partial charge on any atom is 0.126 e. The molecule has 0 amide bonds. The largest absolute Gasteiger partial charge is 0.300 e. The molecule has 0 aromatic rings. The third-order valence-electron chi connectivity index (χ3n) is 0. The van der Waals surface area contributed by atoms with Gasteiger partial charge in [-0.05, 0) is 52.1 Å². The summed E-state index contributed by atoms with van der Waals surface area (Å²) in [6.07, 6.45) is 0. The minimum atomic E-state index is 0.167. The number of hydrogen-bond acceptors (Lipinski definition) is 4. The van der Waals surface area contributed by atoms with Gasteiger partial charge in [0.15, 0.2) is 0 Å². The Hall–Kier alpha value is 0.140. The van der Waals surface area contributed by atoms with Crippen LogP contribution in [0.3, 0.4) is 0 Å². The number of ketones is 2. The standard InChI is InChI=1S/2C3H6O.CH2Cl2.CS2/c2*1-3(2)4;2*2-1-3/h2*1-2H3;1H2;. The van der Waals surface area contributed by atoms with Crippen molar-refractivity contribution in [2.45, 2.75) is 27.7 Å². The van der Waals surface area contributed by atoms with Gasteiger partial charge >= 0.3 is 0 Å². The van der Waals surface area contributed by atoms with E-state index in [9.17, 15) is 9.59 Å². The molecule has 0 N–H and O–H groups in total. The minimum Gasteiger partial charge on any atom is -0.300 e. The Kier molecular flexibility index (Phi) is 49.6. The lowest BCUT2D eigenvalue weighted by Crippen LogP contribution is -1.69. The van der Waals surface area contributed by atoms with Gasteiger partial charge in [-0.1, -0.05) is 0 Å². The van der Waals surface area contributed by atoms with Gasteiger partial charge in [0.2, 0.25) is 0 Å². The second kappa shape index (κ2) is 29.2. The number of carbonyl (C=O) groups is 2. The predicted molar refractivity (Wildman–Crippen MR) is 69.5 cm³/mol. The first-order valence-corrected chi connectivity index (χ1v) is 5.24. The van der Waals surface area contributed by atoms with Gasteiger partial charge in [-0.2, -0.15) is 0 Å². The molecule has 0 rings (SSSR count). The Morgan fingerprint density at radius 1 is 1.00 bits per heavy atom. The van der Waals surface area contributed by atoms with Crippen LogP contribution in [0.25, 0.3) is 0 Å². The van der Waals surface area contributed by atoms with E-state index >= 15 is 0 Å². The third kappa shape index (κ3) is 76900. The summed E-state index contributed by atoms with van der Waals surface area (Å²) in [5, 5.41) is 0.194. The summed E-state index contributed by atoms with van der Waals surface area (Å²) in [4.78, 5) is 18.9. The SMILES string of the molecule is CC(C)=O.CC(C)=O.ClCCl.S=C=S. The number of hydrogen-bond donors (Lipinski definition) is 0. The number of thiocarbonyl (C=S) groups is 2. The Balaban J connectivity index is -0.0000000482. The monoisotopic (exact) mass is 276 g/mol. The van der Waals surface area contributed by atoms with E-state index in [-0.39, 0.29) is 16.9 Å². The van der Waals surface area contributed by atoms with E-state index in [4.69, 9.17) is 23.2 Å². The number of carbonyl (C=O) groups excluding carboxylic acids is 2. The summed E-state index contributed by atoms with van der Waals surface area (Å²) in [7, 11) is 0. The van der Waals surface area contributed by atoms with E-state index in [1.165, 1.54) is 27.7 Å². The number of halogens is 2. The van der Waals surface area contributed by atoms with E-state index in [0.29, 0.717) is 0 Å². The van der Waals surface area contributed by atoms with Crippen molar-refractivity contribution >= 4 is 63.5 Å². The molecule has 6 heteroatoms. The van der Waals surface area contributed by atoms with E-state index in [1.807, 2.05) is 4.31 Å². The molecule has 0 heterocycles. The lowest BCUT2D eigenvalue weighted by Gasteiger charge is -1.56. The summed E-state index contributed by atoms with van der Waals surface area (Å²) < 4.78 is 1.92. The van der Waals surface area contributed by atoms with Crippen molar-refractivity contribution in [1.29, 1.82) is 0 Å². The van der Waals surface area contributed by atoms with Crippen molar-refractivity contribution in [3.8, 4) is 0 Å². The van der Waals surface area contributed by atoms with Crippen LogP contribution in [0.4, 0.5) is 0 Å². The molecule has 2 nitrogen and oxygen atoms in total. The molecule has 0 aliphatic heterocycles. The molecule has 0 spiro atoms. The molecule has 0 saturated heterocycles. The van der Waals surface area contributed by atoms with Gasteiger partial charge in [-0.25, -0.2) is 0 Å². The van der Waals surface area contributed by atoms with Gasteiger partial charge in [0, 0.05) is 4.31 Å². The Bertz CT molecular complexity index is 147. The maximum absolute atomic E-state index is 9.44. The van der Waals surface area contributed by atoms with Gasteiger partial charge in [0.25, 0.3) is 0 Å². The van der Waals surface area contributed by atoms with Crippen LogP contribution in [0.1, 0.15) is 27.7 Å². The highest BCUT2D eigenvalue weighted by Crippen LogP contribution is 1.73. The first kappa shape index (κ1) is 23.7. The van der Waals surface area contributed by atoms with Crippen LogP contribution in [0.5, 0.6) is 0 Å². The lowest BCUT2D eigenvalue weighted by molar-refractivity contribution is -0.115. The summed E-state index contributed by atoms with van der Waals surface area (Å²) in [6, 6.07) is 0. The van der Waals surface area contributed by atoms with Crippen LogP contribution in [-0.4, -0.2) is 21.2 Å². The quantitative estimate of drug-likeness (QED) is 0.500. The molecular formula is C8H14Cl2O2S2. The average molecular weight is 277 g/mol. The van der Waals surface area contributed by atoms with Crippen molar-refractivity contribution in [2.24, 2.45) is 0 Å². The summed E-state index contributed by atoms with van der Waals surface area (Å²) in [5.41, 5.74) is 0. The number of alkyl halides is 2.